The van der Waals surface area contributed by atoms with Crippen molar-refractivity contribution in [1.82, 2.24) is 4.90 Å². The Balaban J connectivity index is 1.01. The van der Waals surface area contributed by atoms with E-state index in [4.69, 9.17) is 14.2 Å². The third-order valence-corrected chi connectivity index (χ3v) is 17.0. The van der Waals surface area contributed by atoms with Crippen molar-refractivity contribution in [3.8, 4) is 0 Å². The molecule has 8 aliphatic rings. The van der Waals surface area contributed by atoms with E-state index < -0.39 is 23.9 Å². The largest absolute Gasteiger partial charge is 0.390 e. The maximum Gasteiger partial charge on any atom is 0.225 e. The summed E-state index contributed by atoms with van der Waals surface area (Å²) in [5.74, 6) is 2.05. The van der Waals surface area contributed by atoms with Gasteiger partial charge in [0.15, 0.2) is 6.29 Å². The van der Waals surface area contributed by atoms with Crippen LogP contribution < -0.4 is 0 Å². The van der Waals surface area contributed by atoms with Crippen LogP contribution in [0, 0.1) is 56.7 Å². The highest BCUT2D eigenvalue weighted by Crippen LogP contribution is 2.89. The molecule has 6 saturated carbocycles. The normalized spacial score (nSPS) is 52.6. The number of rotatable bonds is 5. The molecule has 1 amide bonds. The van der Waals surface area contributed by atoms with E-state index >= 15 is 0 Å². The maximum absolute atomic E-state index is 13.0. The smallest absolute Gasteiger partial charge is 0.225 e. The minimum Gasteiger partial charge on any atom is -0.390 e. The molecule has 0 aromatic rings. The van der Waals surface area contributed by atoms with Gasteiger partial charge in [0.05, 0.1) is 43.2 Å². The van der Waals surface area contributed by atoms with Crippen molar-refractivity contribution in [1.29, 1.82) is 0 Å². The highest BCUT2D eigenvalue weighted by molar-refractivity contribution is 5.79. The number of carbonyl (C=O) groups excluding carboxylic acids is 1. The van der Waals surface area contributed by atoms with E-state index in [0.717, 1.165) is 38.5 Å². The quantitative estimate of drug-likeness (QED) is 0.368. The van der Waals surface area contributed by atoms with Crippen LogP contribution in [0.15, 0.2) is 0 Å². The third-order valence-electron chi connectivity index (χ3n) is 17.0. The van der Waals surface area contributed by atoms with Crippen LogP contribution in [0.25, 0.3) is 0 Å². The fourth-order valence-electron chi connectivity index (χ4n) is 14.2. The van der Waals surface area contributed by atoms with Crippen molar-refractivity contribution in [2.24, 2.45) is 56.7 Å². The van der Waals surface area contributed by atoms with Crippen molar-refractivity contribution < 1.29 is 34.3 Å². The molecule has 2 aliphatic heterocycles. The number of aliphatic hydroxyl groups is 3. The molecule has 2 heterocycles. The van der Waals surface area contributed by atoms with Gasteiger partial charge in [0.2, 0.25) is 5.91 Å². The zero-order valence-electron chi connectivity index (χ0n) is 30.2. The summed E-state index contributed by atoms with van der Waals surface area (Å²) >= 11 is 0. The average Bonchev–Trinajstić information content (AvgIpc) is 3.61. The topological polar surface area (TPSA) is 109 Å². The number of aliphatic hydroxyl groups excluding tert-OH is 2. The molecule has 8 fully saturated rings. The monoisotopic (exact) mass is 657 g/mol. The lowest BCUT2D eigenvalue weighted by molar-refractivity contribution is -0.248. The Labute approximate surface area is 282 Å². The molecule has 6 aliphatic carbocycles. The van der Waals surface area contributed by atoms with E-state index in [1.165, 1.54) is 25.7 Å². The molecule has 2 spiro atoms. The first kappa shape index (κ1) is 33.4. The second kappa shape index (κ2) is 10.6. The van der Waals surface area contributed by atoms with Crippen LogP contribution in [0.2, 0.25) is 0 Å². The highest BCUT2D eigenvalue weighted by atomic mass is 16.7. The predicted molar refractivity (Wildman–Crippen MR) is 177 cm³/mol. The van der Waals surface area contributed by atoms with Crippen LogP contribution in [0.5, 0.6) is 0 Å². The summed E-state index contributed by atoms with van der Waals surface area (Å²) in [6.45, 7) is 17.1. The van der Waals surface area contributed by atoms with Crippen molar-refractivity contribution in [3.63, 3.8) is 0 Å². The molecule has 0 aromatic heterocycles. The van der Waals surface area contributed by atoms with Gasteiger partial charge < -0.3 is 34.4 Å². The van der Waals surface area contributed by atoms with E-state index in [9.17, 15) is 20.1 Å². The van der Waals surface area contributed by atoms with Crippen LogP contribution in [-0.4, -0.2) is 88.2 Å². The first-order valence-corrected chi connectivity index (χ1v) is 19.3. The molecule has 266 valence electrons. The van der Waals surface area contributed by atoms with Crippen LogP contribution in [0.4, 0.5) is 0 Å². The number of hydrogen-bond donors (Lipinski definition) is 3. The molecular weight excluding hydrogens is 594 g/mol. The molecule has 3 N–H and O–H groups in total. The lowest BCUT2D eigenvalue weighted by atomic mass is 9.41. The summed E-state index contributed by atoms with van der Waals surface area (Å²) in [6, 6.07) is 0. The molecule has 47 heavy (non-hydrogen) atoms. The van der Waals surface area contributed by atoms with Gasteiger partial charge >= 0.3 is 0 Å². The fourth-order valence-corrected chi connectivity index (χ4v) is 14.2. The average molecular weight is 658 g/mol. The molecule has 0 radical (unpaired) electrons. The molecule has 14 atom stereocenters. The maximum atomic E-state index is 13.0. The molecular formula is C39H63NO7. The van der Waals surface area contributed by atoms with E-state index in [2.05, 4.69) is 34.6 Å². The zero-order valence-corrected chi connectivity index (χ0v) is 30.2. The standard InChI is InChI=1S/C39H63NO7/c1-22-19-24(31(41)35(4,5)44)46-30-29(22)36(6)15-16-39-21-38(39)14-13-27(34(2,3)25(38)11-12-26(39)37(36,7)32(30)42)47-28-20-40(17-18-45-28)33(43)23-9-8-10-23/h22-32,41-42,44H,8-21H2,1-7H3/t22-,24-,25+,26+,27?,28?,29?,30+,31?,32+,36-,37-,38?,39+/m1/s1. The number of carbonyl (C=O) groups is 1. The van der Waals surface area contributed by atoms with Gasteiger partial charge in [0, 0.05) is 17.9 Å². The first-order valence-electron chi connectivity index (χ1n) is 19.3. The van der Waals surface area contributed by atoms with E-state index in [-0.39, 0.29) is 52.0 Å². The van der Waals surface area contributed by atoms with Gasteiger partial charge in [0.25, 0.3) is 0 Å². The molecule has 8 nitrogen and oxygen atoms in total. The fraction of sp³-hybridized carbons (Fsp3) is 0.974. The van der Waals surface area contributed by atoms with Crippen LogP contribution in [-0.2, 0) is 19.0 Å². The summed E-state index contributed by atoms with van der Waals surface area (Å²) in [5.41, 5.74) is -1.01. The molecule has 0 bridgehead atoms. The number of ether oxygens (including phenoxy) is 3. The second-order valence-electron chi connectivity index (χ2n) is 19.5. The molecule has 2 saturated heterocycles. The number of morpholine rings is 1. The number of hydrogen-bond acceptors (Lipinski definition) is 7. The van der Waals surface area contributed by atoms with Crippen molar-refractivity contribution in [2.45, 2.75) is 162 Å². The van der Waals surface area contributed by atoms with Gasteiger partial charge in [-0.3, -0.25) is 4.79 Å². The van der Waals surface area contributed by atoms with Crippen molar-refractivity contribution in [2.75, 3.05) is 19.7 Å². The van der Waals surface area contributed by atoms with Crippen molar-refractivity contribution >= 4 is 5.91 Å². The molecule has 5 unspecified atom stereocenters. The third kappa shape index (κ3) is 4.36. The van der Waals surface area contributed by atoms with Gasteiger partial charge in [0.1, 0.15) is 6.10 Å². The Bertz CT molecular complexity index is 1260. The Morgan fingerprint density at radius 2 is 1.70 bits per heavy atom. The van der Waals surface area contributed by atoms with E-state index in [0.29, 0.717) is 55.2 Å². The summed E-state index contributed by atoms with van der Waals surface area (Å²) in [4.78, 5) is 15.0. The van der Waals surface area contributed by atoms with Gasteiger partial charge in [-0.25, -0.2) is 0 Å². The van der Waals surface area contributed by atoms with Crippen molar-refractivity contribution in [3.05, 3.63) is 0 Å². The Morgan fingerprint density at radius 3 is 2.38 bits per heavy atom. The summed E-state index contributed by atoms with van der Waals surface area (Å²) in [5, 5.41) is 34.1. The number of fused-ring (bicyclic) bond motifs is 4. The van der Waals surface area contributed by atoms with Gasteiger partial charge in [-0.1, -0.05) is 41.0 Å². The van der Waals surface area contributed by atoms with Gasteiger partial charge in [-0.2, -0.15) is 0 Å². The summed E-state index contributed by atoms with van der Waals surface area (Å²) in [6.07, 6.45) is 9.39. The van der Waals surface area contributed by atoms with Crippen LogP contribution >= 0.6 is 0 Å². The van der Waals surface area contributed by atoms with Crippen LogP contribution in [0.3, 0.4) is 0 Å². The van der Waals surface area contributed by atoms with E-state index in [1.807, 2.05) is 4.90 Å². The molecule has 8 heteroatoms. The zero-order chi connectivity index (χ0) is 33.5. The highest BCUT2D eigenvalue weighted by Gasteiger charge is 2.84. The second-order valence-corrected chi connectivity index (χ2v) is 19.5. The van der Waals surface area contributed by atoms with Gasteiger partial charge in [-0.05, 0) is 123 Å². The minimum atomic E-state index is -1.25. The molecule has 0 aromatic carbocycles. The Morgan fingerprint density at radius 1 is 1.00 bits per heavy atom. The Hall–Kier alpha value is -0.770. The summed E-state index contributed by atoms with van der Waals surface area (Å²) < 4.78 is 19.7. The lowest BCUT2D eigenvalue weighted by Crippen LogP contribution is -2.60. The number of nitrogens with zero attached hydrogens (tertiary/aromatic N) is 1. The number of amides is 1. The Kier molecular flexibility index (Phi) is 7.55. The SMILES string of the molecule is C[C@@H]1C[C@H](C(O)C(C)(C)O)O[C@H]2C1[C@@]1(C)CC[C@@]34CC35CCC(OC3CN(C(=O)C6CCC6)CCO3)C(C)(C)[C@@H]5CC[C@H]4[C@]1(C)[C@H]2O. The predicted octanol–water partition coefficient (Wildman–Crippen LogP) is 5.30. The molecule has 8 rings (SSSR count). The summed E-state index contributed by atoms with van der Waals surface area (Å²) in [7, 11) is 0. The minimum absolute atomic E-state index is 0.00163. The van der Waals surface area contributed by atoms with E-state index in [1.54, 1.807) is 13.8 Å². The van der Waals surface area contributed by atoms with Crippen LogP contribution in [0.1, 0.15) is 119 Å². The lowest BCUT2D eigenvalue weighted by Gasteiger charge is -2.64. The first-order chi connectivity index (χ1) is 22.0. The van der Waals surface area contributed by atoms with Gasteiger partial charge in [-0.15, -0.1) is 0 Å².